The number of halogens is 2. The molecule has 0 unspecified atom stereocenters. The van der Waals surface area contributed by atoms with Crippen molar-refractivity contribution in [2.45, 2.75) is 13.5 Å². The zero-order chi connectivity index (χ0) is 28.1. The van der Waals surface area contributed by atoms with Crippen molar-refractivity contribution in [1.82, 2.24) is 4.90 Å². The van der Waals surface area contributed by atoms with Gasteiger partial charge < -0.3 is 9.47 Å². The molecule has 1 heterocycles. The number of rotatable bonds is 8. The second kappa shape index (κ2) is 12.9. The second-order valence-electron chi connectivity index (χ2n) is 8.16. The molecule has 1 saturated heterocycles. The fourth-order valence-corrected chi connectivity index (χ4v) is 6.58. The molecule has 1 aliphatic heterocycles. The second-order valence-corrected chi connectivity index (χ2v) is 11.5. The molecule has 0 N–H and O–H groups in total. The summed E-state index contributed by atoms with van der Waals surface area (Å²) in [6, 6.07) is 16.8. The van der Waals surface area contributed by atoms with Crippen molar-refractivity contribution in [3.05, 3.63) is 99.5 Å². The van der Waals surface area contributed by atoms with Gasteiger partial charge in [0, 0.05) is 19.2 Å². The number of nitrogens with zero attached hydrogens (tertiary/aromatic N) is 3. The summed E-state index contributed by atoms with van der Waals surface area (Å²) in [5.74, 6) is 0.148. The third-order valence-electron chi connectivity index (χ3n) is 5.46. The summed E-state index contributed by atoms with van der Waals surface area (Å²) in [7, 11) is 1.67. The van der Waals surface area contributed by atoms with Crippen LogP contribution in [0, 0.1) is 17.3 Å². The average Bonchev–Trinajstić information content (AvgIpc) is 3.16. The minimum Gasteiger partial charge on any atom is -0.487 e. The van der Waals surface area contributed by atoms with Crippen LogP contribution in [-0.2, 0) is 16.1 Å². The van der Waals surface area contributed by atoms with Crippen molar-refractivity contribution in [3.8, 4) is 5.75 Å². The van der Waals surface area contributed by atoms with Crippen molar-refractivity contribution in [2.75, 3.05) is 13.7 Å². The number of nitro groups is 1. The van der Waals surface area contributed by atoms with Crippen molar-refractivity contribution in [1.29, 1.82) is 0 Å². The molecular formula is C27H21I2N3O6S. The lowest BCUT2D eigenvalue weighted by molar-refractivity contribution is -0.384. The number of hydrogen-bond acceptors (Lipinski definition) is 8. The van der Waals surface area contributed by atoms with Gasteiger partial charge in [0.05, 0.1) is 34.8 Å². The minimum absolute atomic E-state index is 0.0328. The van der Waals surface area contributed by atoms with Gasteiger partial charge in [0.1, 0.15) is 12.4 Å². The SMILES string of the molecule is CCOC(=O)c1ccc(N=C2SC(=Cc3cc(I)c(OCc4ccc([N+](=O)[O-])cc4)c(I)c3)C(=O)N2C)cc1. The maximum absolute atomic E-state index is 12.9. The molecule has 12 heteroatoms. The molecule has 9 nitrogen and oxygen atoms in total. The molecule has 3 aromatic rings. The van der Waals surface area contributed by atoms with Crippen LogP contribution in [0.5, 0.6) is 5.75 Å². The lowest BCUT2D eigenvalue weighted by Crippen LogP contribution is -2.23. The monoisotopic (exact) mass is 769 g/mol. The molecule has 39 heavy (non-hydrogen) atoms. The lowest BCUT2D eigenvalue weighted by Gasteiger charge is -2.12. The molecule has 0 aromatic heterocycles. The van der Waals surface area contributed by atoms with Gasteiger partial charge in [-0.3, -0.25) is 19.8 Å². The Morgan fingerprint density at radius 1 is 1.10 bits per heavy atom. The van der Waals surface area contributed by atoms with Gasteiger partial charge in [-0.05, 0) is 130 Å². The standard InChI is InChI=1S/C27H21I2N3O6S/c1-3-37-26(34)18-6-8-19(9-7-18)30-27-31(2)25(33)23(39-27)14-17-12-21(28)24(22(29)13-17)38-15-16-4-10-20(11-5-16)32(35)36/h4-14H,3,15H2,1-2H3. The Morgan fingerprint density at radius 3 is 2.33 bits per heavy atom. The number of hydrogen-bond donors (Lipinski definition) is 0. The smallest absolute Gasteiger partial charge is 0.338 e. The number of thioether (sulfide) groups is 1. The minimum atomic E-state index is -0.436. The molecule has 3 aromatic carbocycles. The highest BCUT2D eigenvalue weighted by molar-refractivity contribution is 14.1. The van der Waals surface area contributed by atoms with E-state index in [1.807, 2.05) is 18.2 Å². The van der Waals surface area contributed by atoms with Gasteiger partial charge in [0.2, 0.25) is 0 Å². The van der Waals surface area contributed by atoms with E-state index in [2.05, 4.69) is 50.2 Å². The zero-order valence-corrected chi connectivity index (χ0v) is 25.9. The highest BCUT2D eigenvalue weighted by atomic mass is 127. The van der Waals surface area contributed by atoms with E-state index < -0.39 is 10.9 Å². The van der Waals surface area contributed by atoms with E-state index in [4.69, 9.17) is 9.47 Å². The first-order valence-corrected chi connectivity index (χ1v) is 14.5. The zero-order valence-electron chi connectivity index (χ0n) is 20.7. The number of non-ortho nitro benzene ring substituents is 1. The first-order valence-electron chi connectivity index (χ1n) is 11.5. The Morgan fingerprint density at radius 2 is 1.74 bits per heavy atom. The molecule has 200 valence electrons. The number of carbonyl (C=O) groups excluding carboxylic acids is 2. The molecule has 0 atom stereocenters. The first-order chi connectivity index (χ1) is 18.7. The van der Waals surface area contributed by atoms with Crippen LogP contribution in [-0.4, -0.2) is 40.5 Å². The van der Waals surface area contributed by atoms with E-state index in [0.717, 1.165) is 18.3 Å². The van der Waals surface area contributed by atoms with Crippen LogP contribution in [0.3, 0.4) is 0 Å². The Bertz CT molecular complexity index is 1470. The summed E-state index contributed by atoms with van der Waals surface area (Å²) < 4.78 is 12.7. The molecule has 0 spiro atoms. The van der Waals surface area contributed by atoms with E-state index in [9.17, 15) is 19.7 Å². The van der Waals surface area contributed by atoms with Crippen molar-refractivity contribution in [3.63, 3.8) is 0 Å². The van der Waals surface area contributed by atoms with Gasteiger partial charge >= 0.3 is 5.97 Å². The van der Waals surface area contributed by atoms with Crippen LogP contribution < -0.4 is 4.74 Å². The normalized spacial score (nSPS) is 15.2. The van der Waals surface area contributed by atoms with Crippen LogP contribution in [0.4, 0.5) is 11.4 Å². The number of nitro benzene ring substituents is 1. The maximum atomic E-state index is 12.9. The Balaban J connectivity index is 1.47. The summed E-state index contributed by atoms with van der Waals surface area (Å²) in [6.45, 7) is 2.32. The summed E-state index contributed by atoms with van der Waals surface area (Å²) in [5, 5.41) is 11.4. The highest BCUT2D eigenvalue weighted by Gasteiger charge is 2.30. The summed E-state index contributed by atoms with van der Waals surface area (Å²) in [5.41, 5.74) is 2.75. The van der Waals surface area contributed by atoms with E-state index in [1.54, 1.807) is 50.4 Å². The Kier molecular flexibility index (Phi) is 9.61. The highest BCUT2D eigenvalue weighted by Crippen LogP contribution is 2.35. The number of likely N-dealkylation sites (N-methyl/N-ethyl adjacent to an activating group) is 1. The fraction of sp³-hybridized carbons (Fsp3) is 0.148. The van der Waals surface area contributed by atoms with Gasteiger partial charge in [-0.15, -0.1) is 0 Å². The molecule has 0 bridgehead atoms. The van der Waals surface area contributed by atoms with Crippen molar-refractivity contribution in [2.24, 2.45) is 4.99 Å². The number of aliphatic imine (C=N–C) groups is 1. The molecule has 4 rings (SSSR count). The number of benzene rings is 3. The Hall–Kier alpha value is -2.98. The van der Waals surface area contributed by atoms with Crippen molar-refractivity contribution >= 4 is 91.4 Å². The molecule has 1 amide bonds. The number of amidine groups is 1. The van der Waals surface area contributed by atoms with Crippen LogP contribution >= 0.6 is 56.9 Å². The molecule has 1 fully saturated rings. The van der Waals surface area contributed by atoms with Crippen LogP contribution in [0.2, 0.25) is 0 Å². The lowest BCUT2D eigenvalue weighted by atomic mass is 10.2. The Labute approximate surface area is 256 Å². The van der Waals surface area contributed by atoms with E-state index in [0.29, 0.717) is 33.7 Å². The predicted molar refractivity (Wildman–Crippen MR) is 167 cm³/mol. The topological polar surface area (TPSA) is 111 Å². The largest absolute Gasteiger partial charge is 0.487 e. The van der Waals surface area contributed by atoms with Crippen LogP contribution in [0.15, 0.2) is 70.6 Å². The number of carbonyl (C=O) groups is 2. The van der Waals surface area contributed by atoms with Gasteiger partial charge in [-0.2, -0.15) is 0 Å². The van der Waals surface area contributed by atoms with Crippen LogP contribution in [0.25, 0.3) is 6.08 Å². The first kappa shape index (κ1) is 29.0. The summed E-state index contributed by atoms with van der Waals surface area (Å²) in [6.07, 6.45) is 1.82. The number of amides is 1. The quantitative estimate of drug-likeness (QED) is 0.0816. The number of ether oxygens (including phenoxy) is 2. The maximum Gasteiger partial charge on any atom is 0.338 e. The van der Waals surface area contributed by atoms with Gasteiger partial charge in [0.25, 0.3) is 11.6 Å². The van der Waals surface area contributed by atoms with Gasteiger partial charge in [-0.25, -0.2) is 9.79 Å². The van der Waals surface area contributed by atoms with Gasteiger partial charge in [-0.1, -0.05) is 0 Å². The summed E-state index contributed by atoms with van der Waals surface area (Å²) in [4.78, 5) is 41.8. The van der Waals surface area contributed by atoms with E-state index in [1.165, 1.54) is 28.8 Å². The fourth-order valence-electron chi connectivity index (χ4n) is 3.47. The third kappa shape index (κ3) is 7.16. The van der Waals surface area contributed by atoms with Gasteiger partial charge in [0.15, 0.2) is 5.17 Å². The molecule has 0 radical (unpaired) electrons. The van der Waals surface area contributed by atoms with Crippen LogP contribution in [0.1, 0.15) is 28.4 Å². The van der Waals surface area contributed by atoms with Crippen molar-refractivity contribution < 1.29 is 24.0 Å². The van der Waals surface area contributed by atoms with E-state index in [-0.39, 0.29) is 18.2 Å². The molecule has 1 aliphatic rings. The molecule has 0 aliphatic carbocycles. The predicted octanol–water partition coefficient (Wildman–Crippen LogP) is 6.79. The van der Waals surface area contributed by atoms with E-state index >= 15 is 0 Å². The molecular weight excluding hydrogens is 748 g/mol. The third-order valence-corrected chi connectivity index (χ3v) is 8.12. The number of esters is 1. The average molecular weight is 769 g/mol. The molecule has 0 saturated carbocycles. The summed E-state index contributed by atoms with van der Waals surface area (Å²) >= 11 is 5.65.